The van der Waals surface area contributed by atoms with Gasteiger partial charge in [-0.25, -0.2) is 9.97 Å². The molecule has 12 heteroatoms. The van der Waals surface area contributed by atoms with Gasteiger partial charge in [-0.15, -0.1) is 0 Å². The molecule has 1 amide bonds. The minimum absolute atomic E-state index is 0.118. The van der Waals surface area contributed by atoms with Gasteiger partial charge in [0.25, 0.3) is 5.91 Å². The normalized spacial score (nSPS) is 21.9. The van der Waals surface area contributed by atoms with E-state index in [9.17, 15) is 18.0 Å². The van der Waals surface area contributed by atoms with Crippen LogP contribution >= 0.6 is 0 Å². The van der Waals surface area contributed by atoms with Crippen LogP contribution < -0.4 is 10.1 Å². The fourth-order valence-corrected chi connectivity index (χ4v) is 4.63. The number of hydrogen-bond donors (Lipinski definition) is 1. The van der Waals surface area contributed by atoms with Gasteiger partial charge in [-0.2, -0.15) is 28.2 Å². The van der Waals surface area contributed by atoms with Gasteiger partial charge in [0, 0.05) is 18.7 Å². The number of nitrogens with one attached hydrogen (secondary N) is 1. The highest BCUT2D eigenvalue weighted by molar-refractivity contribution is 5.98. The number of benzene rings is 1. The zero-order chi connectivity index (χ0) is 23.2. The second-order valence-corrected chi connectivity index (χ2v) is 8.10. The summed E-state index contributed by atoms with van der Waals surface area (Å²) in [6.45, 7) is 0.609. The van der Waals surface area contributed by atoms with Crippen molar-refractivity contribution < 1.29 is 22.7 Å². The van der Waals surface area contributed by atoms with Gasteiger partial charge < -0.3 is 15.0 Å². The van der Waals surface area contributed by atoms with Gasteiger partial charge in [-0.05, 0) is 30.9 Å². The lowest BCUT2D eigenvalue weighted by Crippen LogP contribution is -2.48. The first-order valence-electron chi connectivity index (χ1n) is 10.3. The second kappa shape index (κ2) is 8.01. The topological polar surface area (TPSA) is 98.1 Å². The maximum atomic E-state index is 13.5. The van der Waals surface area contributed by atoms with Crippen LogP contribution in [0.1, 0.15) is 28.9 Å². The number of likely N-dealkylation sites (tertiary alicyclic amines) is 1. The highest BCUT2D eigenvalue weighted by Gasteiger charge is 2.47. The molecule has 3 heterocycles. The maximum absolute atomic E-state index is 13.5. The molecule has 1 N–H and O–H groups in total. The molecule has 2 fully saturated rings. The maximum Gasteiger partial charge on any atom is 0.434 e. The lowest BCUT2D eigenvalue weighted by atomic mass is 10.0. The summed E-state index contributed by atoms with van der Waals surface area (Å²) < 4.78 is 43.5. The number of aromatic nitrogens is 5. The monoisotopic (exact) mass is 459 g/mol. The van der Waals surface area contributed by atoms with Gasteiger partial charge >= 0.3 is 6.18 Å². The molecule has 1 aliphatic carbocycles. The Hall–Kier alpha value is -3.70. The molecule has 2 bridgehead atoms. The number of hydrogen-bond acceptors (Lipinski definition) is 7. The Morgan fingerprint density at radius 2 is 1.94 bits per heavy atom. The number of carbonyl (C=O) groups excluding carboxylic acids is 1. The number of anilines is 1. The largest absolute Gasteiger partial charge is 0.497 e. The van der Waals surface area contributed by atoms with Gasteiger partial charge in [0.15, 0.2) is 5.69 Å². The molecule has 33 heavy (non-hydrogen) atoms. The third-order valence-corrected chi connectivity index (χ3v) is 6.09. The van der Waals surface area contributed by atoms with Gasteiger partial charge in [0.2, 0.25) is 0 Å². The number of alkyl halides is 3. The van der Waals surface area contributed by atoms with E-state index in [2.05, 4.69) is 25.5 Å². The van der Waals surface area contributed by atoms with E-state index in [-0.39, 0.29) is 23.8 Å². The SMILES string of the molecule is COc1ccc(C(=O)N2CC3CC(Nc4cnc(C(F)(F)F)cn4)C2C3)c(-n2nccn2)c1. The first-order chi connectivity index (χ1) is 15.8. The summed E-state index contributed by atoms with van der Waals surface area (Å²) in [5.41, 5.74) is -0.102. The first-order valence-corrected chi connectivity index (χ1v) is 10.3. The van der Waals surface area contributed by atoms with Gasteiger partial charge in [0.05, 0.1) is 43.5 Å². The van der Waals surface area contributed by atoms with Crippen molar-refractivity contribution in [1.82, 2.24) is 29.9 Å². The van der Waals surface area contributed by atoms with E-state index in [1.54, 1.807) is 23.1 Å². The summed E-state index contributed by atoms with van der Waals surface area (Å²) in [4.78, 5) is 24.0. The molecule has 5 rings (SSSR count). The minimum Gasteiger partial charge on any atom is -0.497 e. The fourth-order valence-electron chi connectivity index (χ4n) is 4.63. The quantitative estimate of drug-likeness (QED) is 0.627. The van der Waals surface area contributed by atoms with Crippen LogP contribution in [0.4, 0.5) is 19.0 Å². The molecule has 3 unspecified atom stereocenters. The molecule has 172 valence electrons. The number of methoxy groups -OCH3 is 1. The average Bonchev–Trinajstić information content (AvgIpc) is 3.55. The number of rotatable bonds is 5. The van der Waals surface area contributed by atoms with E-state index < -0.39 is 11.9 Å². The molecule has 0 spiro atoms. The highest BCUT2D eigenvalue weighted by atomic mass is 19.4. The van der Waals surface area contributed by atoms with Crippen LogP contribution in [-0.4, -0.2) is 61.5 Å². The number of nitrogens with zero attached hydrogens (tertiary/aromatic N) is 6. The minimum atomic E-state index is -4.54. The summed E-state index contributed by atoms with van der Waals surface area (Å²) in [5, 5.41) is 11.5. The van der Waals surface area contributed by atoms with E-state index in [4.69, 9.17) is 4.74 Å². The molecule has 2 aromatic heterocycles. The Balaban J connectivity index is 1.37. The smallest absolute Gasteiger partial charge is 0.434 e. The van der Waals surface area contributed by atoms with Gasteiger partial charge in [-0.1, -0.05) is 0 Å². The summed E-state index contributed by atoms with van der Waals surface area (Å²) in [6, 6.07) is 4.85. The Bertz CT molecular complexity index is 1150. The third-order valence-electron chi connectivity index (χ3n) is 6.09. The summed E-state index contributed by atoms with van der Waals surface area (Å²) in [7, 11) is 1.54. The van der Waals surface area contributed by atoms with E-state index in [1.807, 2.05) is 0 Å². The molecule has 3 atom stereocenters. The van der Waals surface area contributed by atoms with Gasteiger partial charge in [0.1, 0.15) is 17.3 Å². The molecule has 1 saturated carbocycles. The van der Waals surface area contributed by atoms with Crippen molar-refractivity contribution in [3.63, 3.8) is 0 Å². The Morgan fingerprint density at radius 3 is 2.58 bits per heavy atom. The first kappa shape index (κ1) is 21.2. The van der Waals surface area contributed by atoms with Crippen molar-refractivity contribution >= 4 is 11.7 Å². The number of piperidine rings is 1. The Morgan fingerprint density at radius 1 is 1.15 bits per heavy atom. The Labute approximate surface area is 186 Å². The van der Waals surface area contributed by atoms with E-state index in [1.165, 1.54) is 24.3 Å². The van der Waals surface area contributed by atoms with Crippen LogP contribution in [-0.2, 0) is 6.18 Å². The zero-order valence-corrected chi connectivity index (χ0v) is 17.5. The molecule has 1 aromatic carbocycles. The number of amides is 1. The molecule has 2 aliphatic rings. The lowest BCUT2D eigenvalue weighted by Gasteiger charge is -2.34. The number of halogens is 3. The molecule has 1 saturated heterocycles. The molecular formula is C21H20F3N7O2. The van der Waals surface area contributed by atoms with Crippen LogP contribution in [0, 0.1) is 5.92 Å². The van der Waals surface area contributed by atoms with Gasteiger partial charge in [-0.3, -0.25) is 4.79 Å². The van der Waals surface area contributed by atoms with Crippen molar-refractivity contribution in [2.24, 2.45) is 5.92 Å². The van der Waals surface area contributed by atoms with Crippen molar-refractivity contribution in [2.75, 3.05) is 19.0 Å². The predicted molar refractivity (Wildman–Crippen MR) is 110 cm³/mol. The molecule has 3 aromatic rings. The number of carbonyl (C=O) groups is 1. The van der Waals surface area contributed by atoms with Crippen molar-refractivity contribution in [3.8, 4) is 11.4 Å². The summed E-state index contributed by atoms with van der Waals surface area (Å²) in [5.74, 6) is 0.951. The van der Waals surface area contributed by atoms with Crippen LogP contribution in [0.2, 0.25) is 0 Å². The van der Waals surface area contributed by atoms with Crippen LogP contribution in [0.5, 0.6) is 5.75 Å². The van der Waals surface area contributed by atoms with Crippen LogP contribution in [0.25, 0.3) is 5.69 Å². The zero-order valence-electron chi connectivity index (χ0n) is 17.5. The molecule has 0 radical (unpaired) electrons. The van der Waals surface area contributed by atoms with Crippen LogP contribution in [0.15, 0.2) is 43.0 Å². The predicted octanol–water partition coefficient (Wildman–Crippen LogP) is 2.80. The van der Waals surface area contributed by atoms with Crippen molar-refractivity contribution in [3.05, 3.63) is 54.2 Å². The van der Waals surface area contributed by atoms with Crippen molar-refractivity contribution in [1.29, 1.82) is 0 Å². The Kier molecular flexibility index (Phi) is 5.14. The molecule has 1 aliphatic heterocycles. The summed E-state index contributed by atoms with van der Waals surface area (Å²) >= 11 is 0. The van der Waals surface area contributed by atoms with E-state index in [0.717, 1.165) is 19.0 Å². The standard InChI is InChI=1S/C21H20F3N7O2/c1-33-13-2-3-14(16(8-13)31-27-4-5-28-31)20(32)30-11-12-6-15(17(30)7-12)29-19-10-25-18(9-26-19)21(22,23)24/h2-5,8-10,12,15,17H,6-7,11H2,1H3,(H,26,29). The van der Waals surface area contributed by atoms with E-state index in [0.29, 0.717) is 35.7 Å². The fraction of sp³-hybridized carbons (Fsp3) is 0.381. The number of fused-ring (bicyclic) bond motifs is 2. The summed E-state index contributed by atoms with van der Waals surface area (Å²) in [6.07, 6.45) is 1.90. The van der Waals surface area contributed by atoms with E-state index >= 15 is 0 Å². The van der Waals surface area contributed by atoms with Crippen molar-refractivity contribution in [2.45, 2.75) is 31.1 Å². The number of ether oxygens (including phenoxy) is 1. The second-order valence-electron chi connectivity index (χ2n) is 8.10. The lowest BCUT2D eigenvalue weighted by molar-refractivity contribution is -0.141. The third kappa shape index (κ3) is 3.96. The average molecular weight is 459 g/mol. The molecular weight excluding hydrogens is 439 g/mol. The molecule has 9 nitrogen and oxygen atoms in total. The van der Waals surface area contributed by atoms with Crippen LogP contribution in [0.3, 0.4) is 0 Å². The highest BCUT2D eigenvalue weighted by Crippen LogP contribution is 2.40.